The average molecular weight is 246 g/mol. The van der Waals surface area contributed by atoms with Crippen molar-refractivity contribution in [3.05, 3.63) is 34.9 Å². The Kier molecular flexibility index (Phi) is 3.64. The number of halogens is 1. The molecule has 88 valence electrons. The molecule has 0 spiro atoms. The number of hydrogen-bond donors (Lipinski definition) is 0. The number of carbonyl (C=O) groups is 1. The van der Waals surface area contributed by atoms with Crippen LogP contribution in [0.1, 0.15) is 21.5 Å². The van der Waals surface area contributed by atoms with Gasteiger partial charge in [0.15, 0.2) is 0 Å². The maximum Gasteiger partial charge on any atom is 0.338 e. The molecule has 0 saturated heterocycles. The van der Waals surface area contributed by atoms with Crippen LogP contribution < -0.4 is 0 Å². The van der Waals surface area contributed by atoms with Gasteiger partial charge in [-0.3, -0.25) is 0 Å². The molecule has 1 aromatic carbocycles. The Bertz CT molecular complexity index is 508. The van der Waals surface area contributed by atoms with Gasteiger partial charge in [0, 0.05) is 0 Å². The van der Waals surface area contributed by atoms with E-state index in [1.165, 1.54) is 25.3 Å². The van der Waals surface area contributed by atoms with Crippen molar-refractivity contribution in [2.24, 2.45) is 0 Å². The SMILES string of the molecule is COC(=O)c1ccc(CS(=O)(=O)F)cc1C. The Balaban J connectivity index is 3.05. The van der Waals surface area contributed by atoms with Crippen molar-refractivity contribution < 1.29 is 21.8 Å². The zero-order valence-corrected chi connectivity index (χ0v) is 9.67. The summed E-state index contributed by atoms with van der Waals surface area (Å²) in [4.78, 5) is 11.2. The standard InChI is InChI=1S/C10H11FO4S/c1-7-5-8(6-16(11,13)14)3-4-9(7)10(12)15-2/h3-5H,6H2,1-2H3. The van der Waals surface area contributed by atoms with E-state index in [0.717, 1.165) is 0 Å². The number of ether oxygens (including phenoxy) is 1. The first-order valence-electron chi connectivity index (χ1n) is 4.43. The molecule has 0 aliphatic carbocycles. The molecule has 0 heterocycles. The number of aryl methyl sites for hydroxylation is 1. The molecule has 0 fully saturated rings. The third-order valence-corrected chi connectivity index (χ3v) is 2.71. The fourth-order valence-electron chi connectivity index (χ4n) is 1.35. The molecule has 0 atom stereocenters. The third kappa shape index (κ3) is 3.30. The lowest BCUT2D eigenvalue weighted by Crippen LogP contribution is -2.05. The van der Waals surface area contributed by atoms with Gasteiger partial charge in [0.2, 0.25) is 0 Å². The fourth-order valence-corrected chi connectivity index (χ4v) is 1.93. The van der Waals surface area contributed by atoms with Crippen LogP contribution in [0.15, 0.2) is 18.2 Å². The minimum absolute atomic E-state index is 0.299. The number of methoxy groups -OCH3 is 1. The molecule has 6 heteroatoms. The molecular weight excluding hydrogens is 235 g/mol. The first kappa shape index (κ1) is 12.6. The van der Waals surface area contributed by atoms with Gasteiger partial charge in [-0.1, -0.05) is 12.1 Å². The predicted molar refractivity (Wildman–Crippen MR) is 56.3 cm³/mol. The highest BCUT2D eigenvalue weighted by atomic mass is 32.3. The number of carbonyl (C=O) groups excluding carboxylic acids is 1. The van der Waals surface area contributed by atoms with Gasteiger partial charge in [-0.25, -0.2) is 4.79 Å². The molecule has 16 heavy (non-hydrogen) atoms. The van der Waals surface area contributed by atoms with E-state index in [4.69, 9.17) is 0 Å². The molecule has 0 unspecified atom stereocenters. The summed E-state index contributed by atoms with van der Waals surface area (Å²) in [5.74, 6) is -1.19. The van der Waals surface area contributed by atoms with Crippen LogP contribution in [-0.4, -0.2) is 21.5 Å². The first-order valence-corrected chi connectivity index (χ1v) is 5.99. The Morgan fingerprint density at radius 3 is 2.50 bits per heavy atom. The Morgan fingerprint density at radius 2 is 2.06 bits per heavy atom. The Hall–Kier alpha value is -1.43. The molecule has 0 aliphatic heterocycles. The van der Waals surface area contributed by atoms with E-state index in [2.05, 4.69) is 4.74 Å². The predicted octanol–water partition coefficient (Wildman–Crippen LogP) is 1.58. The summed E-state index contributed by atoms with van der Waals surface area (Å²) in [5.41, 5.74) is 1.18. The third-order valence-electron chi connectivity index (χ3n) is 2.04. The van der Waals surface area contributed by atoms with Gasteiger partial charge >= 0.3 is 16.2 Å². The van der Waals surface area contributed by atoms with Gasteiger partial charge in [0.25, 0.3) is 0 Å². The highest BCUT2D eigenvalue weighted by molar-refractivity contribution is 7.85. The Morgan fingerprint density at radius 1 is 1.44 bits per heavy atom. The molecule has 0 aromatic heterocycles. The molecule has 1 aromatic rings. The monoisotopic (exact) mass is 246 g/mol. The molecule has 0 bridgehead atoms. The molecule has 0 aliphatic rings. The van der Waals surface area contributed by atoms with Crippen molar-refractivity contribution in [3.63, 3.8) is 0 Å². The zero-order valence-electron chi connectivity index (χ0n) is 8.86. The fraction of sp³-hybridized carbons (Fsp3) is 0.300. The summed E-state index contributed by atoms with van der Waals surface area (Å²) in [6.45, 7) is 1.63. The Labute approximate surface area is 93.3 Å². The van der Waals surface area contributed by atoms with Crippen LogP contribution in [0, 0.1) is 6.92 Å². The minimum atomic E-state index is -4.55. The second kappa shape index (κ2) is 4.61. The van der Waals surface area contributed by atoms with E-state index >= 15 is 0 Å². The molecule has 4 nitrogen and oxygen atoms in total. The summed E-state index contributed by atoms with van der Waals surface area (Å²) in [5, 5.41) is 0. The molecular formula is C10H11FO4S. The van der Waals surface area contributed by atoms with Crippen molar-refractivity contribution >= 4 is 16.2 Å². The summed E-state index contributed by atoms with van der Waals surface area (Å²) >= 11 is 0. The van der Waals surface area contributed by atoms with Crippen LogP contribution in [0.3, 0.4) is 0 Å². The van der Waals surface area contributed by atoms with Gasteiger partial charge in [-0.15, -0.1) is 3.89 Å². The van der Waals surface area contributed by atoms with E-state index in [9.17, 15) is 17.1 Å². The van der Waals surface area contributed by atoms with Gasteiger partial charge in [0.05, 0.1) is 12.7 Å². The van der Waals surface area contributed by atoms with Crippen molar-refractivity contribution in [2.45, 2.75) is 12.7 Å². The largest absolute Gasteiger partial charge is 0.465 e. The van der Waals surface area contributed by atoms with E-state index in [0.29, 0.717) is 16.7 Å². The average Bonchev–Trinajstić information content (AvgIpc) is 2.14. The van der Waals surface area contributed by atoms with Crippen molar-refractivity contribution in [1.82, 2.24) is 0 Å². The second-order valence-electron chi connectivity index (χ2n) is 3.32. The number of rotatable bonds is 3. The molecule has 1 rings (SSSR count). The van der Waals surface area contributed by atoms with Crippen molar-refractivity contribution in [2.75, 3.05) is 7.11 Å². The van der Waals surface area contributed by atoms with Crippen LogP contribution in [0.4, 0.5) is 3.89 Å². The molecule has 0 amide bonds. The van der Waals surface area contributed by atoms with Crippen LogP contribution in [0.5, 0.6) is 0 Å². The van der Waals surface area contributed by atoms with E-state index in [-0.39, 0.29) is 0 Å². The van der Waals surface area contributed by atoms with Crippen LogP contribution >= 0.6 is 0 Å². The van der Waals surface area contributed by atoms with Gasteiger partial charge in [0.1, 0.15) is 5.75 Å². The second-order valence-corrected chi connectivity index (χ2v) is 4.69. The van der Waals surface area contributed by atoms with Gasteiger partial charge in [-0.05, 0) is 24.1 Å². The first-order chi connectivity index (χ1) is 7.33. The summed E-state index contributed by atoms with van der Waals surface area (Å²) in [6, 6.07) is 4.25. The van der Waals surface area contributed by atoms with Crippen molar-refractivity contribution in [3.8, 4) is 0 Å². The van der Waals surface area contributed by atoms with Crippen molar-refractivity contribution in [1.29, 1.82) is 0 Å². The van der Waals surface area contributed by atoms with Gasteiger partial charge in [-0.2, -0.15) is 8.42 Å². The van der Waals surface area contributed by atoms with E-state index < -0.39 is 21.9 Å². The molecule has 0 radical (unpaired) electrons. The van der Waals surface area contributed by atoms with E-state index in [1.54, 1.807) is 6.92 Å². The zero-order chi connectivity index (χ0) is 12.3. The smallest absolute Gasteiger partial charge is 0.338 e. The van der Waals surface area contributed by atoms with Crippen LogP contribution in [0.25, 0.3) is 0 Å². The lowest BCUT2D eigenvalue weighted by Gasteiger charge is -2.05. The topological polar surface area (TPSA) is 60.4 Å². The molecule has 0 saturated carbocycles. The lowest BCUT2D eigenvalue weighted by atomic mass is 10.1. The van der Waals surface area contributed by atoms with Crippen LogP contribution in [0.2, 0.25) is 0 Å². The van der Waals surface area contributed by atoms with Crippen LogP contribution in [-0.2, 0) is 20.7 Å². The number of esters is 1. The van der Waals surface area contributed by atoms with E-state index in [1.807, 2.05) is 0 Å². The molecule has 0 N–H and O–H groups in total. The summed E-state index contributed by atoms with van der Waals surface area (Å²) < 4.78 is 37.8. The summed E-state index contributed by atoms with van der Waals surface area (Å²) in [6.07, 6.45) is 0. The highest BCUT2D eigenvalue weighted by Gasteiger charge is 2.13. The lowest BCUT2D eigenvalue weighted by molar-refractivity contribution is 0.0600. The maximum atomic E-state index is 12.4. The highest BCUT2D eigenvalue weighted by Crippen LogP contribution is 2.15. The quantitative estimate of drug-likeness (QED) is 0.600. The number of benzene rings is 1. The number of hydrogen-bond acceptors (Lipinski definition) is 4. The normalized spacial score (nSPS) is 11.2. The van der Waals surface area contributed by atoms with Gasteiger partial charge < -0.3 is 4.74 Å². The minimum Gasteiger partial charge on any atom is -0.465 e. The summed E-state index contributed by atoms with van der Waals surface area (Å²) in [7, 11) is -3.30. The maximum absolute atomic E-state index is 12.4.